The zero-order valence-corrected chi connectivity index (χ0v) is 24.0. The van der Waals surface area contributed by atoms with Crippen LogP contribution < -0.4 is 5.43 Å². The normalized spacial score (nSPS) is 42.5. The van der Waals surface area contributed by atoms with Gasteiger partial charge in [0.2, 0.25) is 0 Å². The van der Waals surface area contributed by atoms with Crippen molar-refractivity contribution >= 4 is 41.3 Å². The predicted octanol–water partition coefficient (Wildman–Crippen LogP) is 4.42. The molecule has 1 aliphatic heterocycles. The van der Waals surface area contributed by atoms with Crippen molar-refractivity contribution in [2.24, 2.45) is 33.7 Å². The van der Waals surface area contributed by atoms with Crippen molar-refractivity contribution in [3.8, 4) is 0 Å². The molecule has 5 aliphatic rings. The van der Waals surface area contributed by atoms with Gasteiger partial charge >= 0.3 is 5.97 Å². The van der Waals surface area contributed by atoms with Crippen molar-refractivity contribution in [2.45, 2.75) is 82.0 Å². The molecule has 4 aliphatic carbocycles. The number of halogens is 2. The molecular weight excluding hydrogens is 555 g/mol. The molecule has 4 N–H and O–H groups in total. The second-order valence-electron chi connectivity index (χ2n) is 12.8. The molecule has 8 atom stereocenters. The molecule has 4 fully saturated rings. The third-order valence-electron chi connectivity index (χ3n) is 11.3. The molecule has 1 heterocycles. The zero-order valence-electron chi connectivity index (χ0n) is 22.5. The number of carbonyl (C=O) groups is 2. The highest BCUT2D eigenvalue weighted by atomic mass is 35.5. The molecule has 1 amide bonds. The van der Waals surface area contributed by atoms with Crippen LogP contribution in [0.4, 0.5) is 0 Å². The Morgan fingerprint density at radius 2 is 1.88 bits per heavy atom. The number of rotatable bonds is 4. The number of nitrogens with zero attached hydrogens (tertiary/aromatic N) is 1. The van der Waals surface area contributed by atoms with Crippen LogP contribution in [0.3, 0.4) is 0 Å². The van der Waals surface area contributed by atoms with Gasteiger partial charge in [-0.2, -0.15) is 5.10 Å². The minimum atomic E-state index is -1.21. The second-order valence-corrected chi connectivity index (χ2v) is 13.7. The largest absolute Gasteiger partial charge is 0.458 e. The van der Waals surface area contributed by atoms with E-state index >= 15 is 0 Å². The van der Waals surface area contributed by atoms with Crippen LogP contribution in [0.2, 0.25) is 10.0 Å². The highest BCUT2D eigenvalue weighted by Gasteiger charge is 2.71. The minimum Gasteiger partial charge on any atom is -0.458 e. The molecule has 1 aromatic rings. The quantitative estimate of drug-likeness (QED) is 0.233. The summed E-state index contributed by atoms with van der Waals surface area (Å²) in [4.78, 5) is 24.7. The van der Waals surface area contributed by atoms with Gasteiger partial charge in [-0.05, 0) is 92.9 Å². The van der Waals surface area contributed by atoms with Gasteiger partial charge in [0.05, 0.1) is 27.9 Å². The Hall–Kier alpha value is -1.97. The lowest BCUT2D eigenvalue weighted by molar-refractivity contribution is -0.237. The lowest BCUT2D eigenvalue weighted by Crippen LogP contribution is -2.68. The summed E-state index contributed by atoms with van der Waals surface area (Å²) < 4.78 is 5.22. The van der Waals surface area contributed by atoms with E-state index in [-0.39, 0.29) is 47.3 Å². The molecule has 10 heteroatoms. The number of benzene rings is 1. The Bertz CT molecular complexity index is 1300. The molecule has 0 aromatic heterocycles. The maximum Gasteiger partial charge on any atom is 0.331 e. The Morgan fingerprint density at radius 3 is 2.60 bits per heavy atom. The average Bonchev–Trinajstić information content (AvgIpc) is 3.43. The highest BCUT2D eigenvalue weighted by molar-refractivity contribution is 6.36. The Morgan fingerprint density at radius 1 is 1.10 bits per heavy atom. The summed E-state index contributed by atoms with van der Waals surface area (Å²) in [6.07, 6.45) is 7.80. The third kappa shape index (κ3) is 4.09. The lowest BCUT2D eigenvalue weighted by atomic mass is 9.41. The Labute approximate surface area is 243 Å². The van der Waals surface area contributed by atoms with E-state index in [1.807, 2.05) is 0 Å². The molecule has 6 rings (SSSR count). The number of hydrogen-bond donors (Lipinski definition) is 4. The summed E-state index contributed by atoms with van der Waals surface area (Å²) in [5, 5.41) is 40.2. The van der Waals surface area contributed by atoms with Crippen molar-refractivity contribution in [1.29, 1.82) is 0 Å². The van der Waals surface area contributed by atoms with Gasteiger partial charge in [0, 0.05) is 34.6 Å². The van der Waals surface area contributed by atoms with E-state index < -0.39 is 34.0 Å². The number of hydrogen-bond acceptors (Lipinski definition) is 7. The van der Waals surface area contributed by atoms with E-state index in [0.717, 1.165) is 24.8 Å². The van der Waals surface area contributed by atoms with E-state index in [1.54, 1.807) is 18.4 Å². The lowest BCUT2D eigenvalue weighted by Gasteiger charge is -2.65. The van der Waals surface area contributed by atoms with Gasteiger partial charge in [-0.25, -0.2) is 10.2 Å². The molecule has 0 radical (unpaired) electrons. The van der Waals surface area contributed by atoms with Crippen molar-refractivity contribution in [1.82, 2.24) is 5.43 Å². The van der Waals surface area contributed by atoms with Crippen LogP contribution in [0.25, 0.3) is 0 Å². The molecule has 216 valence electrons. The van der Waals surface area contributed by atoms with E-state index in [0.29, 0.717) is 37.1 Å². The maximum absolute atomic E-state index is 12.9. The SMILES string of the molecule is C[C@]12CC[C@H]3[C@@H](CC[C@]4(O)C[C@H](O)CC[C@]34/C=N\NC(=O)c3ccc(Cl)cc3Cl)[C@]1(O)CC[C@@H]2C1=CC(=O)OC1. The number of ether oxygens (including phenoxy) is 1. The van der Waals surface area contributed by atoms with Gasteiger partial charge in [0.25, 0.3) is 5.91 Å². The van der Waals surface area contributed by atoms with Crippen LogP contribution in [-0.2, 0) is 9.53 Å². The van der Waals surface area contributed by atoms with E-state index in [1.165, 1.54) is 12.1 Å². The van der Waals surface area contributed by atoms with Crippen LogP contribution in [0.15, 0.2) is 34.9 Å². The highest BCUT2D eigenvalue weighted by Crippen LogP contribution is 2.70. The van der Waals surface area contributed by atoms with Gasteiger partial charge in [-0.1, -0.05) is 30.1 Å². The van der Waals surface area contributed by atoms with E-state index in [2.05, 4.69) is 17.5 Å². The van der Waals surface area contributed by atoms with Gasteiger partial charge in [0.15, 0.2) is 0 Å². The van der Waals surface area contributed by atoms with Crippen molar-refractivity contribution < 1.29 is 29.6 Å². The average molecular weight is 592 g/mol. The van der Waals surface area contributed by atoms with Gasteiger partial charge < -0.3 is 20.1 Å². The number of nitrogens with one attached hydrogen (secondary N) is 1. The van der Waals surface area contributed by atoms with Crippen LogP contribution in [0.5, 0.6) is 0 Å². The predicted molar refractivity (Wildman–Crippen MR) is 150 cm³/mol. The first-order chi connectivity index (χ1) is 18.9. The summed E-state index contributed by atoms with van der Waals surface area (Å²) in [7, 11) is 0. The van der Waals surface area contributed by atoms with Crippen molar-refractivity contribution in [3.05, 3.63) is 45.5 Å². The van der Waals surface area contributed by atoms with E-state index in [9.17, 15) is 24.9 Å². The first kappa shape index (κ1) is 28.2. The molecule has 0 spiro atoms. The molecule has 8 nitrogen and oxygen atoms in total. The molecule has 0 bridgehead atoms. The van der Waals surface area contributed by atoms with Crippen LogP contribution in [0, 0.1) is 28.6 Å². The molecule has 40 heavy (non-hydrogen) atoms. The van der Waals surface area contributed by atoms with Crippen LogP contribution in [-0.4, -0.2) is 57.3 Å². The van der Waals surface area contributed by atoms with Crippen molar-refractivity contribution in [2.75, 3.05) is 6.61 Å². The third-order valence-corrected chi connectivity index (χ3v) is 11.8. The minimum absolute atomic E-state index is 0.0620. The number of cyclic esters (lactones) is 1. The number of aliphatic hydroxyl groups excluding tert-OH is 1. The molecule has 0 saturated heterocycles. The first-order valence-corrected chi connectivity index (χ1v) is 15.0. The number of fused-ring (bicyclic) bond motifs is 5. The van der Waals surface area contributed by atoms with Gasteiger partial charge in [-0.3, -0.25) is 4.79 Å². The fraction of sp³-hybridized carbons (Fsp3) is 0.633. The molecule has 0 unspecified atom stereocenters. The van der Waals surface area contributed by atoms with Crippen molar-refractivity contribution in [3.63, 3.8) is 0 Å². The standard InChI is InChI=1S/C30H36Cl2N2O6/c1-27-8-5-22-23(30(27,39)11-7-21(27)17-12-25(36)40-15-17)6-10-29(38)14-19(35)4-9-28(22,29)16-33-34-26(37)20-3-2-18(31)13-24(20)32/h2-3,12-13,16,19,21-23,35,38-39H,4-11,14-15H2,1H3,(H,34,37)/b33-16-/t19-,21-,22+,23-,27-,28+,29+,30-/m1/s1. The number of aliphatic hydroxyl groups is 3. The fourth-order valence-electron chi connectivity index (χ4n) is 9.30. The summed E-state index contributed by atoms with van der Waals surface area (Å²) in [6, 6.07) is 4.60. The second kappa shape index (κ2) is 9.80. The van der Waals surface area contributed by atoms with Crippen LogP contribution in [0.1, 0.15) is 75.1 Å². The first-order valence-electron chi connectivity index (χ1n) is 14.2. The molecular formula is C30H36Cl2N2O6. The zero-order chi connectivity index (χ0) is 28.5. The number of amides is 1. The summed E-state index contributed by atoms with van der Waals surface area (Å²) >= 11 is 12.2. The summed E-state index contributed by atoms with van der Waals surface area (Å²) in [6.45, 7) is 2.43. The number of hydrazone groups is 1. The molecule has 4 saturated carbocycles. The molecule has 1 aromatic carbocycles. The summed E-state index contributed by atoms with van der Waals surface area (Å²) in [5.74, 6) is -0.935. The van der Waals surface area contributed by atoms with E-state index in [4.69, 9.17) is 27.9 Å². The van der Waals surface area contributed by atoms with Gasteiger partial charge in [-0.15, -0.1) is 0 Å². The number of esters is 1. The maximum atomic E-state index is 12.9. The van der Waals surface area contributed by atoms with Gasteiger partial charge in [0.1, 0.15) is 6.61 Å². The smallest absolute Gasteiger partial charge is 0.331 e. The summed E-state index contributed by atoms with van der Waals surface area (Å²) in [5.41, 5.74) is 0.345. The number of carbonyl (C=O) groups excluding carboxylic acids is 2. The topological polar surface area (TPSA) is 128 Å². The Balaban J connectivity index is 1.32. The monoisotopic (exact) mass is 590 g/mol. The Kier molecular flexibility index (Phi) is 6.90. The van der Waals surface area contributed by atoms with Crippen LogP contribution >= 0.6 is 23.2 Å². The fourth-order valence-corrected chi connectivity index (χ4v) is 9.79.